The molecular weight excluding hydrogens is 290 g/mol. The molecule has 2 heterocycles. The third-order valence-corrected chi connectivity index (χ3v) is 4.75. The van der Waals surface area contributed by atoms with Crippen molar-refractivity contribution in [1.29, 1.82) is 0 Å². The first-order chi connectivity index (χ1) is 11.1. The Balaban J connectivity index is 1.55. The first kappa shape index (κ1) is 16.3. The predicted octanol–water partition coefficient (Wildman–Crippen LogP) is 1.87. The second kappa shape index (κ2) is 7.32. The van der Waals surface area contributed by atoms with Crippen molar-refractivity contribution in [2.45, 2.75) is 38.8 Å². The molecule has 2 saturated heterocycles. The van der Waals surface area contributed by atoms with E-state index in [2.05, 4.69) is 24.1 Å². The van der Waals surface area contributed by atoms with E-state index in [1.165, 1.54) is 0 Å². The molecule has 0 radical (unpaired) electrons. The predicted molar refractivity (Wildman–Crippen MR) is 92.0 cm³/mol. The molecule has 23 heavy (non-hydrogen) atoms. The Kier molecular flexibility index (Phi) is 5.18. The number of hydrogen-bond acceptors (Lipinski definition) is 4. The molecule has 0 unspecified atom stereocenters. The molecule has 126 valence electrons. The van der Waals surface area contributed by atoms with Crippen LogP contribution in [0.25, 0.3) is 0 Å². The maximum absolute atomic E-state index is 11.9. The van der Waals surface area contributed by atoms with Crippen molar-refractivity contribution in [3.63, 3.8) is 0 Å². The molecule has 1 aromatic carbocycles. The molecule has 0 aromatic heterocycles. The number of benzene rings is 1. The summed E-state index contributed by atoms with van der Waals surface area (Å²) in [5.74, 6) is 1.03. The first-order valence-corrected chi connectivity index (χ1v) is 8.65. The molecule has 5 heteroatoms. The lowest BCUT2D eigenvalue weighted by Gasteiger charge is -2.34. The fraction of sp³-hybridized carbons (Fsp3) is 0.611. The zero-order valence-electron chi connectivity index (χ0n) is 14.1. The Bertz CT molecular complexity index is 522. The van der Waals surface area contributed by atoms with E-state index >= 15 is 0 Å². The molecule has 0 aliphatic carbocycles. The lowest BCUT2D eigenvalue weighted by atomic mass is 10.1. The second-order valence-electron chi connectivity index (χ2n) is 6.66. The molecule has 2 aliphatic heterocycles. The van der Waals surface area contributed by atoms with Crippen molar-refractivity contribution in [3.8, 4) is 5.75 Å². The minimum atomic E-state index is 0.131. The third-order valence-electron chi connectivity index (χ3n) is 4.75. The van der Waals surface area contributed by atoms with Crippen LogP contribution in [0, 0.1) is 0 Å². The SMILES string of the molecule is CC(C)N1CCC(Oc2ccc(N3CCNCC3=O)cc2)CC1. The number of rotatable bonds is 4. The van der Waals surface area contributed by atoms with Gasteiger partial charge in [0.25, 0.3) is 0 Å². The fourth-order valence-corrected chi connectivity index (χ4v) is 3.29. The summed E-state index contributed by atoms with van der Waals surface area (Å²) in [7, 11) is 0. The summed E-state index contributed by atoms with van der Waals surface area (Å²) in [4.78, 5) is 16.2. The number of carbonyl (C=O) groups is 1. The summed E-state index contributed by atoms with van der Waals surface area (Å²) in [6.45, 7) is 8.71. The molecule has 1 N–H and O–H groups in total. The summed E-state index contributed by atoms with van der Waals surface area (Å²) >= 11 is 0. The van der Waals surface area contributed by atoms with E-state index in [9.17, 15) is 4.79 Å². The topological polar surface area (TPSA) is 44.8 Å². The fourth-order valence-electron chi connectivity index (χ4n) is 3.29. The van der Waals surface area contributed by atoms with Gasteiger partial charge in [0.15, 0.2) is 0 Å². The van der Waals surface area contributed by atoms with Gasteiger partial charge in [-0.15, -0.1) is 0 Å². The number of likely N-dealkylation sites (tertiary alicyclic amines) is 1. The summed E-state index contributed by atoms with van der Waals surface area (Å²) < 4.78 is 6.11. The Labute approximate surface area is 138 Å². The Morgan fingerprint density at radius 1 is 1.13 bits per heavy atom. The quantitative estimate of drug-likeness (QED) is 0.921. The average molecular weight is 317 g/mol. The van der Waals surface area contributed by atoms with E-state index in [0.29, 0.717) is 18.7 Å². The van der Waals surface area contributed by atoms with Crippen LogP contribution < -0.4 is 15.0 Å². The van der Waals surface area contributed by atoms with E-state index in [4.69, 9.17) is 4.74 Å². The Hall–Kier alpha value is -1.59. The van der Waals surface area contributed by atoms with Gasteiger partial charge >= 0.3 is 0 Å². The molecule has 2 aliphatic rings. The van der Waals surface area contributed by atoms with Crippen LogP contribution in [-0.4, -0.2) is 55.7 Å². The lowest BCUT2D eigenvalue weighted by molar-refractivity contribution is -0.118. The van der Waals surface area contributed by atoms with Crippen LogP contribution in [0.2, 0.25) is 0 Å². The van der Waals surface area contributed by atoms with Gasteiger partial charge in [-0.25, -0.2) is 0 Å². The van der Waals surface area contributed by atoms with Gasteiger partial charge in [-0.2, -0.15) is 0 Å². The zero-order valence-corrected chi connectivity index (χ0v) is 14.1. The van der Waals surface area contributed by atoms with Gasteiger partial charge in [0.1, 0.15) is 11.9 Å². The minimum Gasteiger partial charge on any atom is -0.490 e. The maximum Gasteiger partial charge on any atom is 0.240 e. The maximum atomic E-state index is 11.9. The number of ether oxygens (including phenoxy) is 1. The number of anilines is 1. The summed E-state index contributed by atoms with van der Waals surface area (Å²) in [6.07, 6.45) is 2.46. The number of carbonyl (C=O) groups excluding carboxylic acids is 1. The van der Waals surface area contributed by atoms with Crippen LogP contribution in [0.3, 0.4) is 0 Å². The van der Waals surface area contributed by atoms with Crippen molar-refractivity contribution in [2.24, 2.45) is 0 Å². The number of nitrogens with zero attached hydrogens (tertiary/aromatic N) is 2. The lowest BCUT2D eigenvalue weighted by Crippen LogP contribution is -2.48. The number of hydrogen-bond donors (Lipinski definition) is 1. The highest BCUT2D eigenvalue weighted by atomic mass is 16.5. The Morgan fingerprint density at radius 2 is 1.83 bits per heavy atom. The monoisotopic (exact) mass is 317 g/mol. The molecule has 5 nitrogen and oxygen atoms in total. The second-order valence-corrected chi connectivity index (χ2v) is 6.66. The largest absolute Gasteiger partial charge is 0.490 e. The van der Waals surface area contributed by atoms with Gasteiger partial charge in [0.2, 0.25) is 5.91 Å². The highest BCUT2D eigenvalue weighted by molar-refractivity contribution is 5.95. The molecule has 0 bridgehead atoms. The van der Waals surface area contributed by atoms with Crippen LogP contribution >= 0.6 is 0 Å². The summed E-state index contributed by atoms with van der Waals surface area (Å²) in [5.41, 5.74) is 0.957. The molecular formula is C18H27N3O2. The standard InChI is InChI=1S/C18H27N3O2/c1-14(2)20-10-7-17(8-11-20)23-16-5-3-15(4-6-16)21-12-9-19-13-18(21)22/h3-6,14,17,19H,7-13H2,1-2H3. The van der Waals surface area contributed by atoms with Crippen molar-refractivity contribution >= 4 is 11.6 Å². The van der Waals surface area contributed by atoms with Gasteiger partial charge in [-0.1, -0.05) is 0 Å². The summed E-state index contributed by atoms with van der Waals surface area (Å²) in [6, 6.07) is 8.56. The zero-order chi connectivity index (χ0) is 16.2. The average Bonchev–Trinajstić information content (AvgIpc) is 2.57. The van der Waals surface area contributed by atoms with Crippen LogP contribution in [-0.2, 0) is 4.79 Å². The van der Waals surface area contributed by atoms with Gasteiger partial charge in [-0.05, 0) is 51.0 Å². The molecule has 3 rings (SSSR count). The smallest absolute Gasteiger partial charge is 0.240 e. The van der Waals surface area contributed by atoms with E-state index in [0.717, 1.165) is 50.5 Å². The Morgan fingerprint density at radius 3 is 2.43 bits per heavy atom. The van der Waals surface area contributed by atoms with E-state index in [-0.39, 0.29) is 5.91 Å². The summed E-state index contributed by atoms with van der Waals surface area (Å²) in [5, 5.41) is 3.09. The number of nitrogens with one attached hydrogen (secondary N) is 1. The van der Waals surface area contributed by atoms with Gasteiger partial charge < -0.3 is 19.9 Å². The normalized spacial score (nSPS) is 21.0. The number of piperazine rings is 1. The molecule has 2 fully saturated rings. The van der Waals surface area contributed by atoms with Gasteiger partial charge in [0, 0.05) is 37.9 Å². The molecule has 0 spiro atoms. The molecule has 0 atom stereocenters. The third kappa shape index (κ3) is 4.03. The number of amides is 1. The molecule has 0 saturated carbocycles. The van der Waals surface area contributed by atoms with E-state index in [1.54, 1.807) is 0 Å². The van der Waals surface area contributed by atoms with Gasteiger partial charge in [-0.3, -0.25) is 4.79 Å². The van der Waals surface area contributed by atoms with Crippen LogP contribution in [0.5, 0.6) is 5.75 Å². The first-order valence-electron chi connectivity index (χ1n) is 8.65. The van der Waals surface area contributed by atoms with Crippen molar-refractivity contribution in [1.82, 2.24) is 10.2 Å². The van der Waals surface area contributed by atoms with E-state index in [1.807, 2.05) is 29.2 Å². The molecule has 1 aromatic rings. The van der Waals surface area contributed by atoms with E-state index < -0.39 is 0 Å². The minimum absolute atomic E-state index is 0.131. The highest BCUT2D eigenvalue weighted by Crippen LogP contribution is 2.23. The number of piperidine rings is 1. The molecule has 1 amide bonds. The van der Waals surface area contributed by atoms with Crippen LogP contribution in [0.1, 0.15) is 26.7 Å². The van der Waals surface area contributed by atoms with Crippen molar-refractivity contribution in [3.05, 3.63) is 24.3 Å². The van der Waals surface area contributed by atoms with Crippen molar-refractivity contribution < 1.29 is 9.53 Å². The van der Waals surface area contributed by atoms with Crippen molar-refractivity contribution in [2.75, 3.05) is 37.6 Å². The van der Waals surface area contributed by atoms with Gasteiger partial charge in [0.05, 0.1) is 6.54 Å². The van der Waals surface area contributed by atoms with Crippen LogP contribution in [0.4, 0.5) is 5.69 Å². The highest BCUT2D eigenvalue weighted by Gasteiger charge is 2.22. The van der Waals surface area contributed by atoms with Crippen LogP contribution in [0.15, 0.2) is 24.3 Å².